The Morgan fingerprint density at radius 2 is 1.88 bits per heavy atom. The van der Waals surface area contributed by atoms with Crippen molar-refractivity contribution in [1.82, 2.24) is 9.55 Å². The summed E-state index contributed by atoms with van der Waals surface area (Å²) in [6, 6.07) is 9.23. The topological polar surface area (TPSA) is 135 Å². The van der Waals surface area contributed by atoms with Crippen molar-refractivity contribution in [2.45, 2.75) is 0 Å². The molecule has 0 spiro atoms. The number of aromatic carboxylic acids is 1. The van der Waals surface area contributed by atoms with Crippen LogP contribution in [0.4, 0.5) is 5.69 Å². The number of non-ortho nitro benzene ring substituents is 1. The fraction of sp³-hybridized carbons (Fsp3) is 0. The molecule has 120 valence electrons. The van der Waals surface area contributed by atoms with Crippen LogP contribution in [0.3, 0.4) is 0 Å². The van der Waals surface area contributed by atoms with E-state index in [2.05, 4.69) is 4.98 Å². The minimum absolute atomic E-state index is 0.0000435. The summed E-state index contributed by atoms with van der Waals surface area (Å²) in [6.07, 6.45) is 0. The summed E-state index contributed by atoms with van der Waals surface area (Å²) in [5, 5.41) is 20.1. The smallest absolute Gasteiger partial charge is 0.337 e. The second-order valence-corrected chi connectivity index (χ2v) is 4.88. The zero-order valence-electron chi connectivity index (χ0n) is 11.9. The Bertz CT molecular complexity index is 1110. The van der Waals surface area contributed by atoms with Crippen molar-refractivity contribution in [2.75, 3.05) is 0 Å². The van der Waals surface area contributed by atoms with Crippen LogP contribution in [0.1, 0.15) is 10.4 Å². The van der Waals surface area contributed by atoms with Crippen molar-refractivity contribution in [1.29, 1.82) is 0 Å². The third-order valence-electron chi connectivity index (χ3n) is 3.45. The maximum Gasteiger partial charge on any atom is 0.337 e. The first-order valence-corrected chi connectivity index (χ1v) is 6.66. The Kier molecular flexibility index (Phi) is 3.45. The Morgan fingerprint density at radius 3 is 2.54 bits per heavy atom. The molecular formula is C15H9N3O6. The quantitative estimate of drug-likeness (QED) is 0.422. The SMILES string of the molecule is O=C(O)c1ccccc1-n1c(=O)c(=O)[nH]c2cc([N+](=O)[O-])ccc21. The zero-order chi connectivity index (χ0) is 17.4. The Balaban J connectivity index is 2.47. The van der Waals surface area contributed by atoms with Gasteiger partial charge in [0, 0.05) is 12.1 Å². The van der Waals surface area contributed by atoms with E-state index in [0.717, 1.165) is 10.6 Å². The number of aromatic amines is 1. The molecule has 0 saturated carbocycles. The number of nitrogens with one attached hydrogen (secondary N) is 1. The van der Waals surface area contributed by atoms with E-state index in [0.29, 0.717) is 0 Å². The van der Waals surface area contributed by atoms with E-state index in [1.807, 2.05) is 0 Å². The van der Waals surface area contributed by atoms with Gasteiger partial charge >= 0.3 is 17.1 Å². The number of carboxylic acid groups (broad SMARTS) is 1. The van der Waals surface area contributed by atoms with E-state index in [-0.39, 0.29) is 28.0 Å². The van der Waals surface area contributed by atoms with Crippen LogP contribution in [0.25, 0.3) is 16.7 Å². The molecule has 2 aromatic carbocycles. The molecule has 0 atom stereocenters. The number of rotatable bonds is 3. The molecule has 0 aliphatic rings. The van der Waals surface area contributed by atoms with Crippen LogP contribution in [-0.4, -0.2) is 25.6 Å². The Labute approximate surface area is 132 Å². The lowest BCUT2D eigenvalue weighted by Gasteiger charge is -2.12. The molecule has 0 aliphatic heterocycles. The molecule has 0 fully saturated rings. The minimum Gasteiger partial charge on any atom is -0.478 e. The highest BCUT2D eigenvalue weighted by Crippen LogP contribution is 2.21. The van der Waals surface area contributed by atoms with Gasteiger partial charge in [-0.2, -0.15) is 0 Å². The van der Waals surface area contributed by atoms with Crippen LogP contribution < -0.4 is 11.1 Å². The van der Waals surface area contributed by atoms with Gasteiger partial charge in [-0.3, -0.25) is 24.3 Å². The van der Waals surface area contributed by atoms with Gasteiger partial charge in [0.05, 0.1) is 27.2 Å². The van der Waals surface area contributed by atoms with Gasteiger partial charge < -0.3 is 10.1 Å². The summed E-state index contributed by atoms with van der Waals surface area (Å²) in [4.78, 5) is 48.0. The largest absolute Gasteiger partial charge is 0.478 e. The highest BCUT2D eigenvalue weighted by molar-refractivity contribution is 5.93. The van der Waals surface area contributed by atoms with Gasteiger partial charge in [0.1, 0.15) is 0 Å². The van der Waals surface area contributed by atoms with Gasteiger partial charge in [-0.25, -0.2) is 4.79 Å². The fourth-order valence-corrected chi connectivity index (χ4v) is 2.41. The number of fused-ring (bicyclic) bond motifs is 1. The van der Waals surface area contributed by atoms with E-state index in [9.17, 15) is 29.6 Å². The molecule has 2 N–H and O–H groups in total. The molecule has 3 rings (SSSR count). The maximum absolute atomic E-state index is 12.3. The lowest BCUT2D eigenvalue weighted by Crippen LogP contribution is -2.36. The number of hydrogen-bond acceptors (Lipinski definition) is 5. The summed E-state index contributed by atoms with van der Waals surface area (Å²) in [5.41, 5.74) is -2.24. The van der Waals surface area contributed by atoms with Crippen molar-refractivity contribution in [3.05, 3.63) is 78.8 Å². The van der Waals surface area contributed by atoms with Gasteiger partial charge in [-0.05, 0) is 18.2 Å². The molecule has 0 radical (unpaired) electrons. The number of nitrogens with zero attached hydrogens (tertiary/aromatic N) is 2. The average molecular weight is 327 g/mol. The van der Waals surface area contributed by atoms with Gasteiger partial charge in [-0.15, -0.1) is 0 Å². The summed E-state index contributed by atoms with van der Waals surface area (Å²) in [7, 11) is 0. The molecule has 0 bridgehead atoms. The fourth-order valence-electron chi connectivity index (χ4n) is 2.41. The number of nitro groups is 1. The molecule has 0 saturated heterocycles. The van der Waals surface area contributed by atoms with Crippen LogP contribution in [0.2, 0.25) is 0 Å². The summed E-state index contributed by atoms with van der Waals surface area (Å²) in [5.74, 6) is -1.27. The van der Waals surface area contributed by atoms with Crippen molar-refractivity contribution < 1.29 is 14.8 Å². The molecule has 0 aliphatic carbocycles. The van der Waals surface area contributed by atoms with Gasteiger partial charge in [-0.1, -0.05) is 12.1 Å². The van der Waals surface area contributed by atoms with Crippen molar-refractivity contribution in [2.24, 2.45) is 0 Å². The molecule has 9 nitrogen and oxygen atoms in total. The first kappa shape index (κ1) is 15.2. The standard InChI is InChI=1S/C15H9N3O6/c19-13-14(20)17(11-4-2-1-3-9(11)15(21)22)12-6-5-8(18(23)24)7-10(12)16-13/h1-7H,(H,16,19)(H,21,22). The Morgan fingerprint density at radius 1 is 1.17 bits per heavy atom. The predicted octanol–water partition coefficient (Wildman–Crippen LogP) is 1.29. The number of carbonyl (C=O) groups is 1. The van der Waals surface area contributed by atoms with Gasteiger partial charge in [0.25, 0.3) is 5.69 Å². The van der Waals surface area contributed by atoms with Crippen molar-refractivity contribution in [3.63, 3.8) is 0 Å². The van der Waals surface area contributed by atoms with E-state index in [1.54, 1.807) is 0 Å². The number of nitro benzene ring substituents is 1. The number of aromatic nitrogens is 2. The lowest BCUT2D eigenvalue weighted by atomic mass is 10.1. The highest BCUT2D eigenvalue weighted by Gasteiger charge is 2.17. The second-order valence-electron chi connectivity index (χ2n) is 4.88. The molecule has 3 aromatic rings. The predicted molar refractivity (Wildman–Crippen MR) is 83.8 cm³/mol. The van der Waals surface area contributed by atoms with Crippen LogP contribution in [-0.2, 0) is 0 Å². The number of benzene rings is 2. The Hall–Kier alpha value is -3.75. The number of H-pyrrole nitrogens is 1. The lowest BCUT2D eigenvalue weighted by molar-refractivity contribution is -0.384. The van der Waals surface area contributed by atoms with E-state index < -0.39 is 22.0 Å². The number of para-hydroxylation sites is 1. The normalized spacial score (nSPS) is 10.7. The third-order valence-corrected chi connectivity index (χ3v) is 3.45. The van der Waals surface area contributed by atoms with Gasteiger partial charge in [0.2, 0.25) is 0 Å². The first-order chi connectivity index (χ1) is 11.4. The zero-order valence-corrected chi connectivity index (χ0v) is 11.9. The molecule has 1 aromatic heterocycles. The average Bonchev–Trinajstić information content (AvgIpc) is 2.55. The van der Waals surface area contributed by atoms with E-state index in [1.165, 1.54) is 36.4 Å². The third kappa shape index (κ3) is 2.33. The van der Waals surface area contributed by atoms with Crippen LogP contribution in [0, 0.1) is 10.1 Å². The highest BCUT2D eigenvalue weighted by atomic mass is 16.6. The summed E-state index contributed by atoms with van der Waals surface area (Å²) < 4.78 is 0.932. The molecule has 0 amide bonds. The monoisotopic (exact) mass is 327 g/mol. The van der Waals surface area contributed by atoms with Crippen molar-refractivity contribution in [3.8, 4) is 5.69 Å². The molecular weight excluding hydrogens is 318 g/mol. The molecule has 1 heterocycles. The molecule has 24 heavy (non-hydrogen) atoms. The van der Waals surface area contributed by atoms with Crippen LogP contribution >= 0.6 is 0 Å². The number of carboxylic acids is 1. The molecule has 9 heteroatoms. The number of hydrogen-bond donors (Lipinski definition) is 2. The molecule has 0 unspecified atom stereocenters. The minimum atomic E-state index is -1.27. The summed E-state index contributed by atoms with van der Waals surface area (Å²) >= 11 is 0. The second kappa shape index (κ2) is 5.47. The van der Waals surface area contributed by atoms with Crippen LogP contribution in [0.5, 0.6) is 0 Å². The van der Waals surface area contributed by atoms with E-state index >= 15 is 0 Å². The maximum atomic E-state index is 12.3. The van der Waals surface area contributed by atoms with Crippen molar-refractivity contribution >= 4 is 22.7 Å². The van der Waals surface area contributed by atoms with Gasteiger partial charge in [0.15, 0.2) is 0 Å². The first-order valence-electron chi connectivity index (χ1n) is 6.66. The summed E-state index contributed by atoms with van der Waals surface area (Å²) in [6.45, 7) is 0. The van der Waals surface area contributed by atoms with Crippen LogP contribution in [0.15, 0.2) is 52.1 Å². The van der Waals surface area contributed by atoms with E-state index in [4.69, 9.17) is 0 Å².